The third-order valence-electron chi connectivity index (χ3n) is 3.99. The maximum Gasteiger partial charge on any atom is 0.192 e. The molecule has 0 aliphatic carbocycles. The Hall–Kier alpha value is -0.703. The number of thiazole rings is 1. The van der Waals surface area contributed by atoms with Gasteiger partial charge >= 0.3 is 0 Å². The first kappa shape index (κ1) is 17.3. The van der Waals surface area contributed by atoms with Gasteiger partial charge in [-0.2, -0.15) is 5.26 Å². The predicted octanol–water partition coefficient (Wildman–Crippen LogP) is 4.82. The Labute approximate surface area is 128 Å². The van der Waals surface area contributed by atoms with Crippen LogP contribution in [0.5, 0.6) is 0 Å². The molecule has 112 valence electrons. The van der Waals surface area contributed by atoms with Crippen LogP contribution in [0.3, 0.4) is 0 Å². The number of unbranched alkanes of at least 4 members (excludes halogenated alkanes) is 1. The zero-order valence-electron chi connectivity index (χ0n) is 13.5. The van der Waals surface area contributed by atoms with Crippen LogP contribution in [-0.2, 0) is 17.5 Å². The molecule has 3 nitrogen and oxygen atoms in total. The van der Waals surface area contributed by atoms with Gasteiger partial charge < -0.3 is 4.43 Å². The first-order valence-electron chi connectivity index (χ1n) is 7.13. The fourth-order valence-corrected chi connectivity index (χ4v) is 3.42. The van der Waals surface area contributed by atoms with Gasteiger partial charge in [0, 0.05) is 17.7 Å². The maximum absolute atomic E-state index is 8.57. The smallest absolute Gasteiger partial charge is 0.192 e. The van der Waals surface area contributed by atoms with E-state index in [2.05, 4.69) is 51.8 Å². The summed E-state index contributed by atoms with van der Waals surface area (Å²) < 4.78 is 6.23. The normalized spacial score (nSPS) is 12.4. The van der Waals surface area contributed by atoms with Crippen LogP contribution in [0.4, 0.5) is 0 Å². The highest BCUT2D eigenvalue weighted by Crippen LogP contribution is 2.37. The summed E-state index contributed by atoms with van der Waals surface area (Å²) in [6, 6.07) is 2.18. The Bertz CT molecular complexity index is 483. The van der Waals surface area contributed by atoms with E-state index < -0.39 is 8.32 Å². The lowest BCUT2D eigenvalue weighted by atomic mass is 10.2. The van der Waals surface area contributed by atoms with Crippen molar-refractivity contribution in [3.05, 3.63) is 15.6 Å². The van der Waals surface area contributed by atoms with E-state index in [1.54, 1.807) is 11.3 Å². The van der Waals surface area contributed by atoms with Crippen LogP contribution in [-0.4, -0.2) is 13.3 Å². The number of hydrogen-bond acceptors (Lipinski definition) is 4. The molecular formula is C15H26N2OSSi. The number of nitriles is 1. The quantitative estimate of drug-likeness (QED) is 0.559. The van der Waals surface area contributed by atoms with Gasteiger partial charge in [-0.1, -0.05) is 20.8 Å². The topological polar surface area (TPSA) is 45.9 Å². The lowest BCUT2D eigenvalue weighted by Gasteiger charge is -2.36. The van der Waals surface area contributed by atoms with Crippen LogP contribution in [0.2, 0.25) is 18.1 Å². The van der Waals surface area contributed by atoms with Crippen molar-refractivity contribution in [2.45, 2.75) is 71.7 Å². The lowest BCUT2D eigenvalue weighted by Crippen LogP contribution is -2.40. The van der Waals surface area contributed by atoms with Crippen molar-refractivity contribution in [1.29, 1.82) is 5.26 Å². The number of hydrogen-bond donors (Lipinski definition) is 0. The van der Waals surface area contributed by atoms with Crippen molar-refractivity contribution >= 4 is 19.7 Å². The van der Waals surface area contributed by atoms with Crippen molar-refractivity contribution in [3.63, 3.8) is 0 Å². The first-order valence-corrected chi connectivity index (χ1v) is 10.9. The molecule has 0 fully saturated rings. The van der Waals surface area contributed by atoms with E-state index in [1.165, 1.54) is 4.88 Å². The molecule has 0 saturated carbocycles. The Kier molecular flexibility index (Phi) is 5.93. The third-order valence-corrected chi connectivity index (χ3v) is 9.54. The van der Waals surface area contributed by atoms with Crippen molar-refractivity contribution in [3.8, 4) is 6.07 Å². The van der Waals surface area contributed by atoms with E-state index >= 15 is 0 Å². The summed E-state index contributed by atoms with van der Waals surface area (Å²) in [5.41, 5.74) is 1.08. The van der Waals surface area contributed by atoms with Gasteiger partial charge in [0.1, 0.15) is 0 Å². The summed E-state index contributed by atoms with van der Waals surface area (Å²) in [7, 11) is -1.71. The molecule has 0 spiro atoms. The molecule has 0 aliphatic heterocycles. The van der Waals surface area contributed by atoms with E-state index in [4.69, 9.17) is 9.69 Å². The van der Waals surface area contributed by atoms with Crippen LogP contribution < -0.4 is 0 Å². The maximum atomic E-state index is 8.57. The molecule has 0 unspecified atom stereocenters. The van der Waals surface area contributed by atoms with Crippen molar-refractivity contribution in [1.82, 2.24) is 4.98 Å². The lowest BCUT2D eigenvalue weighted by molar-refractivity contribution is 0.272. The number of nitrogens with zero attached hydrogens (tertiary/aromatic N) is 2. The summed E-state index contributed by atoms with van der Waals surface area (Å²) in [4.78, 5) is 5.92. The average Bonchev–Trinajstić information content (AvgIpc) is 2.66. The molecule has 0 saturated heterocycles. The third kappa shape index (κ3) is 4.69. The highest BCUT2D eigenvalue weighted by molar-refractivity contribution is 7.11. The highest BCUT2D eigenvalue weighted by atomic mass is 32.1. The van der Waals surface area contributed by atoms with Gasteiger partial charge in [0.25, 0.3) is 0 Å². The molecule has 1 aromatic heterocycles. The zero-order chi connectivity index (χ0) is 15.4. The van der Waals surface area contributed by atoms with Crippen LogP contribution in [0.25, 0.3) is 0 Å². The second-order valence-electron chi connectivity index (χ2n) is 6.67. The minimum Gasteiger partial charge on any atom is -0.411 e. The fourth-order valence-electron chi connectivity index (χ4n) is 1.51. The molecular weight excluding hydrogens is 284 g/mol. The van der Waals surface area contributed by atoms with E-state index in [1.807, 2.05) is 0 Å². The molecule has 20 heavy (non-hydrogen) atoms. The summed E-state index contributed by atoms with van der Waals surface area (Å²) in [5.74, 6) is 0. The highest BCUT2D eigenvalue weighted by Gasteiger charge is 2.37. The van der Waals surface area contributed by atoms with Crippen LogP contribution >= 0.6 is 11.3 Å². The average molecular weight is 311 g/mol. The number of rotatable bonds is 6. The van der Waals surface area contributed by atoms with Gasteiger partial charge in [-0.3, -0.25) is 0 Å². The predicted molar refractivity (Wildman–Crippen MR) is 87.4 cm³/mol. The monoisotopic (exact) mass is 310 g/mol. The Morgan fingerprint density at radius 3 is 2.55 bits per heavy atom. The van der Waals surface area contributed by atoms with Gasteiger partial charge in [0.05, 0.1) is 23.4 Å². The van der Waals surface area contributed by atoms with E-state index in [9.17, 15) is 0 Å². The molecule has 0 bridgehead atoms. The van der Waals surface area contributed by atoms with Gasteiger partial charge in [-0.15, -0.1) is 11.3 Å². The van der Waals surface area contributed by atoms with Crippen molar-refractivity contribution in [2.24, 2.45) is 0 Å². The summed E-state index contributed by atoms with van der Waals surface area (Å²) in [5, 5.41) is 9.93. The van der Waals surface area contributed by atoms with E-state index in [0.29, 0.717) is 13.0 Å². The van der Waals surface area contributed by atoms with Gasteiger partial charge in [0.15, 0.2) is 8.32 Å². The minimum atomic E-state index is -1.71. The van der Waals surface area contributed by atoms with Crippen LogP contribution in [0.1, 0.15) is 49.2 Å². The first-order chi connectivity index (χ1) is 9.17. The van der Waals surface area contributed by atoms with Crippen LogP contribution in [0, 0.1) is 18.3 Å². The summed E-state index contributed by atoms with van der Waals surface area (Å²) in [6.45, 7) is 14.0. The second kappa shape index (κ2) is 6.84. The Morgan fingerprint density at radius 1 is 1.35 bits per heavy atom. The van der Waals surface area contributed by atoms with Gasteiger partial charge in [0.2, 0.25) is 0 Å². The summed E-state index contributed by atoms with van der Waals surface area (Å²) >= 11 is 1.74. The van der Waals surface area contributed by atoms with Gasteiger partial charge in [-0.05, 0) is 31.5 Å². The van der Waals surface area contributed by atoms with Crippen molar-refractivity contribution in [2.75, 3.05) is 0 Å². The van der Waals surface area contributed by atoms with Crippen molar-refractivity contribution < 1.29 is 4.43 Å². The molecule has 0 N–H and O–H groups in total. The molecule has 5 heteroatoms. The molecule has 0 atom stereocenters. The molecule has 1 rings (SSSR count). The van der Waals surface area contributed by atoms with Crippen LogP contribution in [0.15, 0.2) is 0 Å². The van der Waals surface area contributed by atoms with E-state index in [-0.39, 0.29) is 5.04 Å². The van der Waals surface area contributed by atoms with E-state index in [0.717, 1.165) is 23.5 Å². The van der Waals surface area contributed by atoms with Gasteiger partial charge in [-0.25, -0.2) is 4.98 Å². The molecule has 0 aliphatic rings. The Morgan fingerprint density at radius 2 is 2.00 bits per heavy atom. The second-order valence-corrected chi connectivity index (χ2v) is 12.8. The number of aromatic nitrogens is 1. The molecule has 0 aromatic carbocycles. The fraction of sp³-hybridized carbons (Fsp3) is 0.733. The zero-order valence-corrected chi connectivity index (χ0v) is 15.4. The Balaban J connectivity index is 2.63. The number of aryl methyl sites for hydroxylation is 2. The molecule has 0 radical (unpaired) electrons. The minimum absolute atomic E-state index is 0.229. The summed E-state index contributed by atoms with van der Waals surface area (Å²) in [6.07, 6.45) is 2.40. The SMILES string of the molecule is Cc1sc(CCCC#N)nc1CO[Si](C)(C)C(C)(C)C. The molecule has 1 heterocycles. The molecule has 1 aromatic rings. The molecule has 0 amide bonds. The standard InChI is InChI=1S/C15H26N2OSSi/c1-12-13(11-18-20(5,6)15(2,3)4)17-14(19-12)9-7-8-10-16/h7-9,11H2,1-6H3. The largest absolute Gasteiger partial charge is 0.411 e.